The molecule has 0 bridgehead atoms. The summed E-state index contributed by atoms with van der Waals surface area (Å²) >= 11 is 0. The van der Waals surface area contributed by atoms with E-state index in [1.807, 2.05) is 12.1 Å². The quantitative estimate of drug-likeness (QED) is 0.276. The second-order valence-corrected chi connectivity index (χ2v) is 8.88. The molecule has 0 saturated carbocycles. The zero-order valence-electron chi connectivity index (χ0n) is 20.2. The fraction of sp³-hybridized carbons (Fsp3) is 0.708. The maximum Gasteiger partial charge on any atom is 0.191 e. The third-order valence-corrected chi connectivity index (χ3v) is 6.19. The van der Waals surface area contributed by atoms with E-state index in [2.05, 4.69) is 60.3 Å². The lowest BCUT2D eigenvalue weighted by atomic mass is 10.1. The number of ether oxygens (including phenoxy) is 2. The zero-order chi connectivity index (χ0) is 22.1. The van der Waals surface area contributed by atoms with Crippen LogP contribution in [0.15, 0.2) is 29.3 Å². The Morgan fingerprint density at radius 1 is 1.22 bits per heavy atom. The monoisotopic (exact) mass is 559 g/mol. The summed E-state index contributed by atoms with van der Waals surface area (Å²) in [6.45, 7) is 17.8. The number of para-hydroxylation sites is 1. The summed E-state index contributed by atoms with van der Waals surface area (Å²) in [6, 6.07) is 9.23. The smallest absolute Gasteiger partial charge is 0.191 e. The lowest BCUT2D eigenvalue weighted by Gasteiger charge is -2.26. The predicted octanol–water partition coefficient (Wildman–Crippen LogP) is 2.80. The Bertz CT molecular complexity index is 697. The van der Waals surface area contributed by atoms with Crippen molar-refractivity contribution in [3.8, 4) is 5.75 Å². The van der Waals surface area contributed by atoms with E-state index in [9.17, 15) is 0 Å². The Morgan fingerprint density at radius 3 is 2.66 bits per heavy atom. The van der Waals surface area contributed by atoms with Gasteiger partial charge in [-0.3, -0.25) is 9.80 Å². The maximum atomic E-state index is 6.12. The molecule has 0 spiro atoms. The minimum absolute atomic E-state index is 0. The highest BCUT2D eigenvalue weighted by molar-refractivity contribution is 14.0. The van der Waals surface area contributed by atoms with Crippen molar-refractivity contribution in [1.29, 1.82) is 0 Å². The van der Waals surface area contributed by atoms with Gasteiger partial charge in [0, 0.05) is 56.9 Å². The van der Waals surface area contributed by atoms with Crippen molar-refractivity contribution in [1.82, 2.24) is 20.4 Å². The number of nitrogens with zero attached hydrogens (tertiary/aromatic N) is 3. The SMILES string of the molecule is CCNC(=NCc1ccccc1OCCN1CCOCC1)NC1CN(C(C)C)CC1C.I. The minimum Gasteiger partial charge on any atom is -0.492 e. The van der Waals surface area contributed by atoms with Gasteiger partial charge in [0.25, 0.3) is 0 Å². The van der Waals surface area contributed by atoms with Crippen LogP contribution < -0.4 is 15.4 Å². The van der Waals surface area contributed by atoms with E-state index < -0.39 is 0 Å². The van der Waals surface area contributed by atoms with Crippen LogP contribution in [0, 0.1) is 5.92 Å². The lowest BCUT2D eigenvalue weighted by Crippen LogP contribution is -2.46. The van der Waals surface area contributed by atoms with Gasteiger partial charge in [0.2, 0.25) is 0 Å². The first-order chi connectivity index (χ1) is 15.1. The molecule has 2 fully saturated rings. The number of rotatable bonds is 9. The molecule has 0 radical (unpaired) electrons. The molecule has 2 atom stereocenters. The summed E-state index contributed by atoms with van der Waals surface area (Å²) in [4.78, 5) is 9.80. The Hall–Kier alpha value is -1.10. The average Bonchev–Trinajstić information content (AvgIpc) is 3.14. The first-order valence-electron chi connectivity index (χ1n) is 11.9. The van der Waals surface area contributed by atoms with Gasteiger partial charge >= 0.3 is 0 Å². The number of guanidine groups is 1. The van der Waals surface area contributed by atoms with Gasteiger partial charge < -0.3 is 20.1 Å². The number of nitrogens with one attached hydrogen (secondary N) is 2. The number of benzene rings is 1. The van der Waals surface area contributed by atoms with E-state index in [0.717, 1.165) is 69.8 Å². The number of likely N-dealkylation sites (tertiary alicyclic amines) is 1. The van der Waals surface area contributed by atoms with Gasteiger partial charge in [-0.25, -0.2) is 4.99 Å². The van der Waals surface area contributed by atoms with E-state index in [4.69, 9.17) is 14.5 Å². The van der Waals surface area contributed by atoms with Crippen molar-refractivity contribution >= 4 is 29.9 Å². The number of morpholine rings is 1. The Labute approximate surface area is 211 Å². The summed E-state index contributed by atoms with van der Waals surface area (Å²) in [5.41, 5.74) is 1.12. The third-order valence-electron chi connectivity index (χ3n) is 6.19. The molecule has 2 N–H and O–H groups in total. The summed E-state index contributed by atoms with van der Waals surface area (Å²) in [5, 5.41) is 7.08. The van der Waals surface area contributed by atoms with Crippen molar-refractivity contribution < 1.29 is 9.47 Å². The van der Waals surface area contributed by atoms with Crippen molar-refractivity contribution in [3.05, 3.63) is 29.8 Å². The Morgan fingerprint density at radius 2 is 1.97 bits per heavy atom. The summed E-state index contributed by atoms with van der Waals surface area (Å²) in [7, 11) is 0. The fourth-order valence-corrected chi connectivity index (χ4v) is 4.16. The van der Waals surface area contributed by atoms with Crippen LogP contribution in [0.3, 0.4) is 0 Å². The van der Waals surface area contributed by atoms with Crippen LogP contribution in [0.5, 0.6) is 5.75 Å². The molecular weight excluding hydrogens is 517 g/mol. The highest BCUT2D eigenvalue weighted by atomic mass is 127. The van der Waals surface area contributed by atoms with Gasteiger partial charge in [0.1, 0.15) is 12.4 Å². The van der Waals surface area contributed by atoms with Crippen LogP contribution in [0.2, 0.25) is 0 Å². The first kappa shape index (κ1) is 27.1. The molecule has 2 aliphatic rings. The van der Waals surface area contributed by atoms with E-state index in [1.54, 1.807) is 0 Å². The number of hydrogen-bond donors (Lipinski definition) is 2. The molecule has 3 rings (SSSR count). The maximum absolute atomic E-state index is 6.12. The molecule has 0 aliphatic carbocycles. The summed E-state index contributed by atoms with van der Waals surface area (Å²) < 4.78 is 11.5. The number of aliphatic imine (C=N–C) groups is 1. The largest absolute Gasteiger partial charge is 0.492 e. The molecule has 7 nitrogen and oxygen atoms in total. The van der Waals surface area contributed by atoms with Crippen LogP contribution in [0.1, 0.15) is 33.3 Å². The van der Waals surface area contributed by atoms with Gasteiger partial charge in [-0.15, -0.1) is 24.0 Å². The second-order valence-electron chi connectivity index (χ2n) is 8.88. The van der Waals surface area contributed by atoms with E-state index in [0.29, 0.717) is 31.2 Å². The fourth-order valence-electron chi connectivity index (χ4n) is 4.16. The summed E-state index contributed by atoms with van der Waals surface area (Å²) in [6.07, 6.45) is 0. The van der Waals surface area contributed by atoms with Crippen molar-refractivity contribution in [3.63, 3.8) is 0 Å². The van der Waals surface area contributed by atoms with E-state index >= 15 is 0 Å². The Kier molecular flexibility index (Phi) is 12.1. The van der Waals surface area contributed by atoms with Crippen molar-refractivity contribution in [2.45, 2.75) is 46.3 Å². The van der Waals surface area contributed by atoms with E-state index in [-0.39, 0.29) is 24.0 Å². The molecule has 1 aromatic rings. The highest BCUT2D eigenvalue weighted by Crippen LogP contribution is 2.20. The third kappa shape index (κ3) is 8.35. The van der Waals surface area contributed by atoms with Crippen LogP contribution in [-0.2, 0) is 11.3 Å². The Balaban J connectivity index is 0.00000363. The molecular formula is C24H42IN5O2. The van der Waals surface area contributed by atoms with Gasteiger partial charge in [0.15, 0.2) is 5.96 Å². The summed E-state index contributed by atoms with van der Waals surface area (Å²) in [5.74, 6) is 2.41. The molecule has 182 valence electrons. The minimum atomic E-state index is 0. The van der Waals surface area contributed by atoms with E-state index in [1.165, 1.54) is 0 Å². The topological polar surface area (TPSA) is 61.4 Å². The standard InChI is InChI=1S/C24H41N5O2.HI/c1-5-25-24(27-22-18-29(19(2)3)17-20(22)4)26-16-21-8-6-7-9-23(21)31-15-12-28-10-13-30-14-11-28;/h6-9,19-20,22H,5,10-18H2,1-4H3,(H2,25,26,27);1H. The van der Waals surface area contributed by atoms with Gasteiger partial charge in [0.05, 0.1) is 19.8 Å². The molecule has 2 aliphatic heterocycles. The molecule has 2 saturated heterocycles. The molecule has 32 heavy (non-hydrogen) atoms. The van der Waals surface area contributed by atoms with Crippen molar-refractivity contribution in [2.75, 3.05) is 59.1 Å². The molecule has 2 unspecified atom stereocenters. The predicted molar refractivity (Wildman–Crippen MR) is 142 cm³/mol. The van der Waals surface area contributed by atoms with Crippen LogP contribution in [0.25, 0.3) is 0 Å². The number of halogens is 1. The van der Waals surface area contributed by atoms with Crippen molar-refractivity contribution in [2.24, 2.45) is 10.9 Å². The van der Waals surface area contributed by atoms with Crippen LogP contribution in [-0.4, -0.2) is 86.9 Å². The first-order valence-corrected chi connectivity index (χ1v) is 11.9. The van der Waals surface area contributed by atoms with Crippen LogP contribution >= 0.6 is 24.0 Å². The molecule has 2 heterocycles. The zero-order valence-corrected chi connectivity index (χ0v) is 22.5. The van der Waals surface area contributed by atoms with Crippen LogP contribution in [0.4, 0.5) is 0 Å². The van der Waals surface area contributed by atoms with Gasteiger partial charge in [-0.2, -0.15) is 0 Å². The second kappa shape index (κ2) is 14.2. The molecule has 0 amide bonds. The number of hydrogen-bond acceptors (Lipinski definition) is 5. The molecule has 0 aromatic heterocycles. The highest BCUT2D eigenvalue weighted by Gasteiger charge is 2.31. The normalized spacial score (nSPS) is 22.6. The average molecular weight is 560 g/mol. The lowest BCUT2D eigenvalue weighted by molar-refractivity contribution is 0.0322. The molecule has 1 aromatic carbocycles. The molecule has 8 heteroatoms. The van der Waals surface area contributed by atoms with Gasteiger partial charge in [-0.05, 0) is 32.8 Å². The van der Waals surface area contributed by atoms with Gasteiger partial charge in [-0.1, -0.05) is 25.1 Å².